The maximum absolute atomic E-state index is 10.9. The van der Waals surface area contributed by atoms with Gasteiger partial charge < -0.3 is 25.6 Å². The number of hydrogen-bond donors (Lipinski definition) is 3. The van der Waals surface area contributed by atoms with Gasteiger partial charge in [-0.1, -0.05) is 12.1 Å². The van der Waals surface area contributed by atoms with Crippen LogP contribution >= 0.6 is 0 Å². The molecule has 132 valence electrons. The Labute approximate surface area is 149 Å². The molecular weight excluding hydrogens is 336 g/mol. The number of carboxylic acid groups (broad SMARTS) is 1. The van der Waals surface area contributed by atoms with Gasteiger partial charge in [-0.25, -0.2) is 9.78 Å². The first kappa shape index (κ1) is 17.0. The van der Waals surface area contributed by atoms with Gasteiger partial charge in [0.05, 0.1) is 12.7 Å². The van der Waals surface area contributed by atoms with Crippen molar-refractivity contribution >= 4 is 23.2 Å². The summed E-state index contributed by atoms with van der Waals surface area (Å²) < 4.78 is 11.0. The third-order valence-corrected chi connectivity index (χ3v) is 3.52. The predicted molar refractivity (Wildman–Crippen MR) is 96.2 cm³/mol. The minimum atomic E-state index is -0.995. The van der Waals surface area contributed by atoms with Crippen molar-refractivity contribution in [1.82, 2.24) is 9.97 Å². The number of rotatable bonds is 6. The van der Waals surface area contributed by atoms with Gasteiger partial charge in [0.1, 0.15) is 12.0 Å². The fourth-order valence-electron chi connectivity index (χ4n) is 2.20. The van der Waals surface area contributed by atoms with E-state index in [2.05, 4.69) is 15.3 Å². The number of nitrogens with zero attached hydrogens (tertiary/aromatic N) is 2. The number of nitrogen functional groups attached to an aromatic ring is 1. The summed E-state index contributed by atoms with van der Waals surface area (Å²) in [7, 11) is 1.54. The highest BCUT2D eigenvalue weighted by Crippen LogP contribution is 2.35. The maximum Gasteiger partial charge on any atom is 0.335 e. The molecule has 0 aliphatic heterocycles. The van der Waals surface area contributed by atoms with E-state index in [1.54, 1.807) is 37.4 Å². The van der Waals surface area contributed by atoms with E-state index in [1.807, 2.05) is 6.07 Å². The number of benzene rings is 2. The van der Waals surface area contributed by atoms with E-state index in [0.29, 0.717) is 23.0 Å². The van der Waals surface area contributed by atoms with Gasteiger partial charge in [-0.05, 0) is 36.4 Å². The number of aromatic nitrogens is 2. The summed E-state index contributed by atoms with van der Waals surface area (Å²) in [4.78, 5) is 19.1. The summed E-state index contributed by atoms with van der Waals surface area (Å²) in [5.41, 5.74) is 7.13. The third-order valence-electron chi connectivity index (χ3n) is 3.52. The molecule has 0 unspecified atom stereocenters. The summed E-state index contributed by atoms with van der Waals surface area (Å²) in [5.74, 6) is 0.536. The van der Waals surface area contributed by atoms with Crippen LogP contribution in [0.25, 0.3) is 0 Å². The summed E-state index contributed by atoms with van der Waals surface area (Å²) >= 11 is 0. The zero-order chi connectivity index (χ0) is 18.5. The highest BCUT2D eigenvalue weighted by molar-refractivity contribution is 5.88. The van der Waals surface area contributed by atoms with Crippen molar-refractivity contribution in [2.45, 2.75) is 0 Å². The molecule has 8 heteroatoms. The average molecular weight is 352 g/mol. The highest BCUT2D eigenvalue weighted by Gasteiger charge is 2.13. The van der Waals surface area contributed by atoms with E-state index in [1.165, 1.54) is 18.5 Å². The largest absolute Gasteiger partial charge is 0.493 e. The molecule has 3 aromatic rings. The number of nitrogens with two attached hydrogens (primary N) is 1. The Morgan fingerprint density at radius 3 is 2.42 bits per heavy atom. The molecule has 3 rings (SSSR count). The number of hydrogen-bond acceptors (Lipinski definition) is 7. The number of carboxylic acids is 1. The van der Waals surface area contributed by atoms with Crippen LogP contribution in [0.15, 0.2) is 54.9 Å². The predicted octanol–water partition coefficient (Wildman–Crippen LogP) is 3.30. The molecule has 0 saturated heterocycles. The molecule has 2 aromatic carbocycles. The summed E-state index contributed by atoms with van der Waals surface area (Å²) in [6, 6.07) is 13.3. The Kier molecular flexibility index (Phi) is 4.84. The van der Waals surface area contributed by atoms with Crippen LogP contribution in [0.5, 0.6) is 17.4 Å². The Hall–Kier alpha value is -3.81. The van der Waals surface area contributed by atoms with E-state index >= 15 is 0 Å². The van der Waals surface area contributed by atoms with Gasteiger partial charge in [0, 0.05) is 5.69 Å². The number of methoxy groups -OCH3 is 1. The molecular formula is C18H16N4O4. The van der Waals surface area contributed by atoms with E-state index in [9.17, 15) is 4.79 Å². The van der Waals surface area contributed by atoms with Crippen molar-refractivity contribution in [2.24, 2.45) is 0 Å². The first-order valence-electron chi connectivity index (χ1n) is 7.60. The van der Waals surface area contributed by atoms with Gasteiger partial charge in [-0.3, -0.25) is 0 Å². The smallest absolute Gasteiger partial charge is 0.335 e. The average Bonchev–Trinajstić information content (AvgIpc) is 2.66. The molecule has 0 atom stereocenters. The third kappa shape index (κ3) is 3.64. The van der Waals surface area contributed by atoms with E-state index in [4.69, 9.17) is 20.3 Å². The van der Waals surface area contributed by atoms with Crippen molar-refractivity contribution in [3.05, 3.63) is 60.4 Å². The molecule has 0 spiro atoms. The number of para-hydroxylation sites is 2. The Morgan fingerprint density at radius 2 is 1.77 bits per heavy atom. The van der Waals surface area contributed by atoms with Gasteiger partial charge in [0.15, 0.2) is 17.3 Å². The molecule has 0 aliphatic rings. The minimum Gasteiger partial charge on any atom is -0.493 e. The molecule has 1 heterocycles. The lowest BCUT2D eigenvalue weighted by Crippen LogP contribution is -2.04. The zero-order valence-electron chi connectivity index (χ0n) is 13.8. The Bertz CT molecular complexity index is 929. The fraction of sp³-hybridized carbons (Fsp3) is 0.0556. The van der Waals surface area contributed by atoms with Gasteiger partial charge in [0.2, 0.25) is 5.88 Å². The second-order valence-corrected chi connectivity index (χ2v) is 5.20. The number of ether oxygens (including phenoxy) is 2. The molecule has 0 aliphatic carbocycles. The monoisotopic (exact) mass is 352 g/mol. The maximum atomic E-state index is 10.9. The van der Waals surface area contributed by atoms with E-state index in [0.717, 1.165) is 0 Å². The van der Waals surface area contributed by atoms with Crippen molar-refractivity contribution in [3.63, 3.8) is 0 Å². The van der Waals surface area contributed by atoms with Crippen LogP contribution < -0.4 is 20.5 Å². The molecule has 0 saturated carbocycles. The van der Waals surface area contributed by atoms with Gasteiger partial charge >= 0.3 is 5.97 Å². The standard InChI is InChI=1S/C18H16N4O4/c1-25-13-4-2-3-5-14(13)26-17-15(19)16(20-10-21-17)22-12-8-6-11(7-9-12)18(23)24/h2-10H,19H2,1H3,(H,23,24)(H,20,21,22). The summed E-state index contributed by atoms with van der Waals surface area (Å²) in [6.45, 7) is 0. The molecule has 1 aromatic heterocycles. The fourth-order valence-corrected chi connectivity index (χ4v) is 2.20. The lowest BCUT2D eigenvalue weighted by atomic mass is 10.2. The van der Waals surface area contributed by atoms with Crippen molar-refractivity contribution in [2.75, 3.05) is 18.2 Å². The molecule has 0 fully saturated rings. The van der Waals surface area contributed by atoms with E-state index in [-0.39, 0.29) is 17.1 Å². The van der Waals surface area contributed by atoms with Gasteiger partial charge in [-0.2, -0.15) is 4.98 Å². The molecule has 26 heavy (non-hydrogen) atoms. The Balaban J connectivity index is 1.84. The summed E-state index contributed by atoms with van der Waals surface area (Å²) in [5, 5.41) is 12.0. The van der Waals surface area contributed by atoms with Crippen LogP contribution in [0.2, 0.25) is 0 Å². The normalized spacial score (nSPS) is 10.2. The quantitative estimate of drug-likeness (QED) is 0.618. The Morgan fingerprint density at radius 1 is 1.08 bits per heavy atom. The first-order chi connectivity index (χ1) is 12.6. The SMILES string of the molecule is COc1ccccc1Oc1ncnc(Nc2ccc(C(=O)O)cc2)c1N. The van der Waals surface area contributed by atoms with Crippen molar-refractivity contribution in [3.8, 4) is 17.4 Å². The molecule has 0 amide bonds. The van der Waals surface area contributed by atoms with Crippen LogP contribution in [0, 0.1) is 0 Å². The van der Waals surface area contributed by atoms with Crippen molar-refractivity contribution in [1.29, 1.82) is 0 Å². The molecule has 0 bridgehead atoms. The first-order valence-corrected chi connectivity index (χ1v) is 7.60. The minimum absolute atomic E-state index is 0.175. The molecule has 0 radical (unpaired) electrons. The number of carbonyl (C=O) groups is 1. The van der Waals surface area contributed by atoms with Crippen LogP contribution in [-0.4, -0.2) is 28.2 Å². The van der Waals surface area contributed by atoms with Gasteiger partial charge in [0.25, 0.3) is 0 Å². The lowest BCUT2D eigenvalue weighted by molar-refractivity contribution is 0.0697. The zero-order valence-corrected chi connectivity index (χ0v) is 13.8. The van der Waals surface area contributed by atoms with Gasteiger partial charge in [-0.15, -0.1) is 0 Å². The number of anilines is 3. The van der Waals surface area contributed by atoms with Crippen LogP contribution in [0.1, 0.15) is 10.4 Å². The highest BCUT2D eigenvalue weighted by atomic mass is 16.5. The second kappa shape index (κ2) is 7.39. The van der Waals surface area contributed by atoms with Crippen LogP contribution in [-0.2, 0) is 0 Å². The number of nitrogens with one attached hydrogen (secondary N) is 1. The van der Waals surface area contributed by atoms with E-state index < -0.39 is 5.97 Å². The van der Waals surface area contributed by atoms with Crippen LogP contribution in [0.4, 0.5) is 17.2 Å². The summed E-state index contributed by atoms with van der Waals surface area (Å²) in [6.07, 6.45) is 1.31. The number of aromatic carboxylic acids is 1. The molecule has 4 N–H and O–H groups in total. The molecule has 8 nitrogen and oxygen atoms in total. The van der Waals surface area contributed by atoms with Crippen LogP contribution in [0.3, 0.4) is 0 Å². The van der Waals surface area contributed by atoms with Crippen molar-refractivity contribution < 1.29 is 19.4 Å². The topological polar surface area (TPSA) is 120 Å². The second-order valence-electron chi connectivity index (χ2n) is 5.20. The lowest BCUT2D eigenvalue weighted by Gasteiger charge is -2.13.